The van der Waals surface area contributed by atoms with Gasteiger partial charge in [0.25, 0.3) is 0 Å². The number of benzene rings is 2. The Kier molecular flexibility index (Phi) is 11.7. The number of carbonyl (C=O) groups excluding carboxylic acids is 1. The fourth-order valence-electron chi connectivity index (χ4n) is 2.68. The second kappa shape index (κ2) is 13.8. The predicted octanol–water partition coefficient (Wildman–Crippen LogP) is 2.52. The highest BCUT2D eigenvalue weighted by Crippen LogP contribution is 2.17. The summed E-state index contributed by atoms with van der Waals surface area (Å²) in [6, 6.07) is 13.8. The summed E-state index contributed by atoms with van der Waals surface area (Å²) in [5.41, 5.74) is 1.90. The van der Waals surface area contributed by atoms with Gasteiger partial charge in [-0.15, -0.1) is 24.0 Å². The molecule has 29 heavy (non-hydrogen) atoms. The Hall–Kier alpha value is -2.36. The standard InChI is InChI=1S/C21H27FN4O2.HI/c1-23-21(25-12-11-17-5-3-4-6-19(17)28-2)26-14-13-24-20(27)15-16-7-9-18(22)10-8-16;/h3-10H,11-15H2,1-2H3,(H,24,27)(H2,23,25,26);1H. The average molecular weight is 514 g/mol. The molecule has 6 nitrogen and oxygen atoms in total. The Bertz CT molecular complexity index is 785. The molecule has 2 aromatic carbocycles. The summed E-state index contributed by atoms with van der Waals surface area (Å²) < 4.78 is 18.2. The minimum atomic E-state index is -0.307. The minimum absolute atomic E-state index is 0. The van der Waals surface area contributed by atoms with E-state index in [4.69, 9.17) is 4.74 Å². The fraction of sp³-hybridized carbons (Fsp3) is 0.333. The molecule has 0 bridgehead atoms. The van der Waals surface area contributed by atoms with Crippen LogP contribution in [0.5, 0.6) is 5.75 Å². The van der Waals surface area contributed by atoms with Gasteiger partial charge in [0.15, 0.2) is 5.96 Å². The van der Waals surface area contributed by atoms with Gasteiger partial charge in [-0.05, 0) is 35.7 Å². The number of hydrogen-bond acceptors (Lipinski definition) is 3. The number of hydrogen-bond donors (Lipinski definition) is 3. The number of nitrogens with one attached hydrogen (secondary N) is 3. The van der Waals surface area contributed by atoms with Gasteiger partial charge >= 0.3 is 0 Å². The summed E-state index contributed by atoms with van der Waals surface area (Å²) in [5, 5.41) is 9.22. The molecule has 0 aliphatic heterocycles. The van der Waals surface area contributed by atoms with Gasteiger partial charge in [0.05, 0.1) is 13.5 Å². The topological polar surface area (TPSA) is 74.8 Å². The van der Waals surface area contributed by atoms with Crippen LogP contribution in [0.15, 0.2) is 53.5 Å². The zero-order valence-electron chi connectivity index (χ0n) is 16.7. The van der Waals surface area contributed by atoms with Crippen LogP contribution in [0.3, 0.4) is 0 Å². The van der Waals surface area contributed by atoms with E-state index in [1.54, 1.807) is 26.3 Å². The molecule has 0 radical (unpaired) electrons. The van der Waals surface area contributed by atoms with Crippen LogP contribution in [0.4, 0.5) is 4.39 Å². The van der Waals surface area contributed by atoms with E-state index >= 15 is 0 Å². The lowest BCUT2D eigenvalue weighted by molar-refractivity contribution is -0.120. The van der Waals surface area contributed by atoms with Gasteiger partial charge < -0.3 is 20.7 Å². The third-order valence-corrected chi connectivity index (χ3v) is 4.12. The lowest BCUT2D eigenvalue weighted by Crippen LogP contribution is -2.42. The summed E-state index contributed by atoms with van der Waals surface area (Å²) in [4.78, 5) is 16.1. The highest BCUT2D eigenvalue weighted by atomic mass is 127. The first-order chi connectivity index (χ1) is 13.6. The van der Waals surface area contributed by atoms with Gasteiger partial charge in [-0.25, -0.2) is 4.39 Å². The van der Waals surface area contributed by atoms with Gasteiger partial charge in [-0.3, -0.25) is 9.79 Å². The number of ether oxygens (including phenoxy) is 1. The van der Waals surface area contributed by atoms with E-state index in [1.807, 2.05) is 24.3 Å². The molecule has 0 saturated heterocycles. The highest BCUT2D eigenvalue weighted by molar-refractivity contribution is 14.0. The number of amides is 1. The van der Waals surface area contributed by atoms with Crippen molar-refractivity contribution < 1.29 is 13.9 Å². The van der Waals surface area contributed by atoms with Crippen LogP contribution in [-0.2, 0) is 17.6 Å². The van der Waals surface area contributed by atoms with Crippen molar-refractivity contribution in [2.45, 2.75) is 12.8 Å². The quantitative estimate of drug-likeness (QED) is 0.208. The molecule has 0 atom stereocenters. The van der Waals surface area contributed by atoms with E-state index in [1.165, 1.54) is 12.1 Å². The molecule has 0 aromatic heterocycles. The monoisotopic (exact) mass is 514 g/mol. The van der Waals surface area contributed by atoms with Crippen LogP contribution in [0, 0.1) is 5.82 Å². The Morgan fingerprint density at radius 2 is 1.66 bits per heavy atom. The molecule has 0 aliphatic carbocycles. The highest BCUT2D eigenvalue weighted by Gasteiger charge is 2.04. The summed E-state index contributed by atoms with van der Waals surface area (Å²) >= 11 is 0. The first-order valence-corrected chi connectivity index (χ1v) is 9.20. The molecule has 0 heterocycles. The van der Waals surface area contributed by atoms with Gasteiger partial charge in [-0.1, -0.05) is 30.3 Å². The summed E-state index contributed by atoms with van der Waals surface area (Å²) in [6.45, 7) is 1.72. The van der Waals surface area contributed by atoms with E-state index in [2.05, 4.69) is 20.9 Å². The lowest BCUT2D eigenvalue weighted by Gasteiger charge is -2.13. The normalized spacial score (nSPS) is 10.7. The molecule has 158 valence electrons. The van der Waals surface area contributed by atoms with Crippen LogP contribution in [0.25, 0.3) is 0 Å². The van der Waals surface area contributed by atoms with Gasteiger partial charge in [0.1, 0.15) is 11.6 Å². The number of rotatable bonds is 9. The number of methoxy groups -OCH3 is 1. The van der Waals surface area contributed by atoms with Crippen molar-refractivity contribution in [3.8, 4) is 5.75 Å². The molecule has 8 heteroatoms. The van der Waals surface area contributed by atoms with E-state index in [9.17, 15) is 9.18 Å². The molecular weight excluding hydrogens is 486 g/mol. The van der Waals surface area contributed by atoms with Crippen molar-refractivity contribution in [1.29, 1.82) is 0 Å². The van der Waals surface area contributed by atoms with Gasteiger partial charge in [0.2, 0.25) is 5.91 Å². The summed E-state index contributed by atoms with van der Waals surface area (Å²) in [5.74, 6) is 1.13. The zero-order valence-corrected chi connectivity index (χ0v) is 19.0. The van der Waals surface area contributed by atoms with E-state index in [0.29, 0.717) is 25.6 Å². The molecule has 0 saturated carbocycles. The third-order valence-electron chi connectivity index (χ3n) is 4.12. The summed E-state index contributed by atoms with van der Waals surface area (Å²) in [7, 11) is 3.36. The molecular formula is C21H28FIN4O2. The molecule has 3 N–H and O–H groups in total. The number of carbonyl (C=O) groups is 1. The number of guanidine groups is 1. The Morgan fingerprint density at radius 1 is 1.00 bits per heavy atom. The van der Waals surface area contributed by atoms with E-state index < -0.39 is 0 Å². The lowest BCUT2D eigenvalue weighted by atomic mass is 10.1. The number of halogens is 2. The first kappa shape index (κ1) is 24.7. The Labute approximate surface area is 188 Å². The van der Waals surface area contributed by atoms with Crippen LogP contribution in [-0.4, -0.2) is 45.7 Å². The number of para-hydroxylation sites is 1. The SMILES string of the molecule is CN=C(NCCNC(=O)Cc1ccc(F)cc1)NCCc1ccccc1OC.I. The largest absolute Gasteiger partial charge is 0.496 e. The maximum Gasteiger partial charge on any atom is 0.224 e. The molecule has 0 spiro atoms. The number of aliphatic imine (C=N–C) groups is 1. The van der Waals surface area contributed by atoms with Crippen LogP contribution in [0.1, 0.15) is 11.1 Å². The zero-order chi connectivity index (χ0) is 20.2. The summed E-state index contributed by atoms with van der Waals surface area (Å²) in [6.07, 6.45) is 1.03. The van der Waals surface area contributed by atoms with Gasteiger partial charge in [-0.2, -0.15) is 0 Å². The van der Waals surface area contributed by atoms with Crippen molar-refractivity contribution in [3.05, 3.63) is 65.5 Å². The van der Waals surface area contributed by atoms with Crippen molar-refractivity contribution in [2.75, 3.05) is 33.8 Å². The Morgan fingerprint density at radius 3 is 2.34 bits per heavy atom. The smallest absolute Gasteiger partial charge is 0.224 e. The molecule has 0 unspecified atom stereocenters. The first-order valence-electron chi connectivity index (χ1n) is 9.20. The van der Waals surface area contributed by atoms with E-state index in [-0.39, 0.29) is 42.1 Å². The molecule has 0 fully saturated rings. The van der Waals surface area contributed by atoms with Crippen molar-refractivity contribution in [3.63, 3.8) is 0 Å². The third kappa shape index (κ3) is 9.12. The van der Waals surface area contributed by atoms with Crippen molar-refractivity contribution >= 4 is 35.8 Å². The average Bonchev–Trinajstić information content (AvgIpc) is 2.71. The van der Waals surface area contributed by atoms with E-state index in [0.717, 1.165) is 23.3 Å². The van der Waals surface area contributed by atoms with Gasteiger partial charge in [0, 0.05) is 26.7 Å². The predicted molar refractivity (Wildman–Crippen MR) is 125 cm³/mol. The second-order valence-electron chi connectivity index (χ2n) is 6.14. The van der Waals surface area contributed by atoms with Crippen LogP contribution < -0.4 is 20.7 Å². The van der Waals surface area contributed by atoms with Crippen LogP contribution >= 0.6 is 24.0 Å². The molecule has 0 aliphatic rings. The maximum absolute atomic E-state index is 12.9. The van der Waals surface area contributed by atoms with Crippen LogP contribution in [0.2, 0.25) is 0 Å². The second-order valence-corrected chi connectivity index (χ2v) is 6.14. The fourth-order valence-corrected chi connectivity index (χ4v) is 2.68. The van der Waals surface area contributed by atoms with Crippen molar-refractivity contribution in [2.24, 2.45) is 4.99 Å². The molecule has 2 aromatic rings. The molecule has 2 rings (SSSR count). The minimum Gasteiger partial charge on any atom is -0.496 e. The molecule has 1 amide bonds. The van der Waals surface area contributed by atoms with Crippen molar-refractivity contribution in [1.82, 2.24) is 16.0 Å². The number of nitrogens with zero attached hydrogens (tertiary/aromatic N) is 1. The Balaban J connectivity index is 0.00000420. The maximum atomic E-state index is 12.9.